The third kappa shape index (κ3) is 3.43. The van der Waals surface area contributed by atoms with E-state index in [0.29, 0.717) is 5.04 Å². The van der Waals surface area contributed by atoms with Crippen molar-refractivity contribution in [1.82, 2.24) is 0 Å². The summed E-state index contributed by atoms with van der Waals surface area (Å²) in [5.74, 6) is 5.57. The van der Waals surface area contributed by atoms with Crippen LogP contribution in [0.5, 0.6) is 0 Å². The molecule has 0 saturated carbocycles. The van der Waals surface area contributed by atoms with Crippen molar-refractivity contribution < 1.29 is 0 Å². The van der Waals surface area contributed by atoms with Crippen LogP contribution < -0.4 is 5.84 Å². The van der Waals surface area contributed by atoms with E-state index in [2.05, 4.69) is 51.1 Å². The highest BCUT2D eigenvalue weighted by Crippen LogP contribution is 2.39. The highest BCUT2D eigenvalue weighted by atomic mass is 28.3. The first-order chi connectivity index (χ1) is 7.78. The zero-order valence-electron chi connectivity index (χ0n) is 11.6. The van der Waals surface area contributed by atoms with Crippen LogP contribution in [0.3, 0.4) is 0 Å². The number of nitrogens with two attached hydrogens (primary N) is 1. The number of hydrogen-bond donors (Lipinski definition) is 1. The number of rotatable bonds is 3. The molecule has 0 aliphatic heterocycles. The molecule has 0 bridgehead atoms. The summed E-state index contributed by atoms with van der Waals surface area (Å²) >= 11 is 0. The van der Waals surface area contributed by atoms with Gasteiger partial charge in [0.1, 0.15) is 0 Å². The Morgan fingerprint density at radius 2 is 1.71 bits per heavy atom. The van der Waals surface area contributed by atoms with Gasteiger partial charge in [0.05, 0.1) is 13.8 Å². The van der Waals surface area contributed by atoms with E-state index in [-0.39, 0.29) is 0 Å². The molecule has 0 aliphatic carbocycles. The molecule has 0 radical (unpaired) electrons. The Balaban J connectivity index is 2.94. The van der Waals surface area contributed by atoms with E-state index >= 15 is 0 Å². The summed E-state index contributed by atoms with van der Waals surface area (Å²) in [6.07, 6.45) is 0. The Bertz CT molecular complexity index is 388. The first-order valence-electron chi connectivity index (χ1n) is 6.10. The van der Waals surface area contributed by atoms with Crippen molar-refractivity contribution in [2.24, 2.45) is 10.9 Å². The summed E-state index contributed by atoms with van der Waals surface area (Å²) in [4.78, 5) is 0. The molecule has 2 N–H and O–H groups in total. The Morgan fingerprint density at radius 3 is 2.12 bits per heavy atom. The Labute approximate surface area is 106 Å². The first-order valence-corrected chi connectivity index (χ1v) is 9.31. The lowest BCUT2D eigenvalue weighted by Gasteiger charge is -2.37. The summed E-state index contributed by atoms with van der Waals surface area (Å²) in [5, 5.41) is 4.37. The minimum Gasteiger partial charge on any atom is -0.323 e. The number of hydrogen-bond acceptors (Lipinski definition) is 2. The lowest BCUT2D eigenvalue weighted by molar-refractivity contribution is 0.720. The Kier molecular flexibility index (Phi) is 4.15. The highest BCUT2D eigenvalue weighted by molar-refractivity contribution is 6.83. The van der Waals surface area contributed by atoms with Gasteiger partial charge in [0.25, 0.3) is 0 Å². The van der Waals surface area contributed by atoms with Gasteiger partial charge >= 0.3 is 0 Å². The zero-order chi connectivity index (χ0) is 13.1. The van der Waals surface area contributed by atoms with E-state index in [1.807, 2.05) is 18.2 Å². The van der Waals surface area contributed by atoms with Crippen LogP contribution in [-0.2, 0) is 0 Å². The summed E-state index contributed by atoms with van der Waals surface area (Å²) in [6.45, 7) is 11.8. The molecule has 1 aromatic carbocycles. The van der Waals surface area contributed by atoms with E-state index in [1.54, 1.807) is 0 Å². The molecule has 0 spiro atoms. The van der Waals surface area contributed by atoms with Crippen LogP contribution in [0, 0.1) is 0 Å². The average Bonchev–Trinajstić information content (AvgIpc) is 2.25. The number of hydrazone groups is 1. The third-order valence-corrected chi connectivity index (χ3v) is 9.18. The highest BCUT2D eigenvalue weighted by Gasteiger charge is 2.36. The molecular weight excluding hydrogens is 224 g/mol. The second kappa shape index (κ2) is 5.04. The van der Waals surface area contributed by atoms with E-state index in [9.17, 15) is 0 Å². The smallest absolute Gasteiger partial charge is 0.0646 e. The largest absolute Gasteiger partial charge is 0.323 e. The zero-order valence-corrected chi connectivity index (χ0v) is 12.6. The minimum absolute atomic E-state index is 0.359. The van der Waals surface area contributed by atoms with Crippen LogP contribution in [0.25, 0.3) is 0 Å². The van der Waals surface area contributed by atoms with Gasteiger partial charge in [-0.25, -0.2) is 0 Å². The van der Waals surface area contributed by atoms with E-state index in [1.165, 1.54) is 0 Å². The number of benzene rings is 1. The minimum atomic E-state index is -1.38. The van der Waals surface area contributed by atoms with Crippen LogP contribution in [0.4, 0.5) is 0 Å². The molecule has 0 saturated heterocycles. The van der Waals surface area contributed by atoms with Crippen LogP contribution in [0.15, 0.2) is 35.4 Å². The summed E-state index contributed by atoms with van der Waals surface area (Å²) in [7, 11) is -1.38. The second-order valence-electron chi connectivity index (χ2n) is 6.25. The van der Waals surface area contributed by atoms with Crippen LogP contribution >= 0.6 is 0 Å². The summed E-state index contributed by atoms with van der Waals surface area (Å²) in [6, 6.07) is 11.3. The molecule has 94 valence electrons. The SMILES string of the molecule is CC(C)(C)[Si](C)(C)C/C(=N\N)c1ccccc1. The van der Waals surface area contributed by atoms with Gasteiger partial charge in [0.2, 0.25) is 0 Å². The average molecular weight is 248 g/mol. The van der Waals surface area contributed by atoms with Crippen molar-refractivity contribution in [3.05, 3.63) is 35.9 Å². The molecule has 0 aromatic heterocycles. The van der Waals surface area contributed by atoms with Crippen molar-refractivity contribution in [2.45, 2.75) is 44.9 Å². The van der Waals surface area contributed by atoms with Crippen molar-refractivity contribution in [3.63, 3.8) is 0 Å². The van der Waals surface area contributed by atoms with Gasteiger partial charge in [-0.2, -0.15) is 5.10 Å². The molecular formula is C14H24N2Si. The fourth-order valence-corrected chi connectivity index (χ4v) is 3.20. The van der Waals surface area contributed by atoms with Crippen molar-refractivity contribution in [2.75, 3.05) is 0 Å². The molecule has 0 aliphatic rings. The lowest BCUT2D eigenvalue weighted by atomic mass is 10.1. The normalized spacial score (nSPS) is 13.8. The topological polar surface area (TPSA) is 38.4 Å². The van der Waals surface area contributed by atoms with Gasteiger partial charge in [-0.05, 0) is 16.6 Å². The summed E-state index contributed by atoms with van der Waals surface area (Å²) < 4.78 is 0. The van der Waals surface area contributed by atoms with Gasteiger partial charge in [0, 0.05) is 0 Å². The van der Waals surface area contributed by atoms with Crippen LogP contribution in [0.2, 0.25) is 24.2 Å². The van der Waals surface area contributed by atoms with Crippen LogP contribution in [0.1, 0.15) is 26.3 Å². The van der Waals surface area contributed by atoms with Crippen LogP contribution in [-0.4, -0.2) is 13.8 Å². The monoisotopic (exact) mass is 248 g/mol. The van der Waals surface area contributed by atoms with Gasteiger partial charge in [-0.3, -0.25) is 0 Å². The maximum atomic E-state index is 5.57. The quantitative estimate of drug-likeness (QED) is 0.375. The third-order valence-electron chi connectivity index (χ3n) is 3.90. The molecule has 17 heavy (non-hydrogen) atoms. The van der Waals surface area contributed by atoms with Gasteiger partial charge in [-0.1, -0.05) is 64.2 Å². The lowest BCUT2D eigenvalue weighted by Crippen LogP contribution is -2.39. The Hall–Kier alpha value is -1.09. The maximum absolute atomic E-state index is 5.57. The molecule has 1 aromatic rings. The molecule has 3 heteroatoms. The van der Waals surface area contributed by atoms with Gasteiger partial charge < -0.3 is 5.84 Å². The maximum Gasteiger partial charge on any atom is 0.0646 e. The van der Waals surface area contributed by atoms with E-state index in [0.717, 1.165) is 17.3 Å². The predicted molar refractivity (Wildman–Crippen MR) is 79.2 cm³/mol. The second-order valence-corrected chi connectivity index (χ2v) is 11.9. The molecule has 0 fully saturated rings. The van der Waals surface area contributed by atoms with E-state index < -0.39 is 8.07 Å². The standard InChI is InChI=1S/C14H24N2Si/c1-14(2,3)17(4,5)11-13(16-15)12-9-7-6-8-10-12/h6-10H,11,15H2,1-5H3/b16-13+. The summed E-state index contributed by atoms with van der Waals surface area (Å²) in [5.41, 5.74) is 2.19. The molecule has 0 heterocycles. The molecule has 2 nitrogen and oxygen atoms in total. The first kappa shape index (κ1) is 14.0. The van der Waals surface area contributed by atoms with Crippen molar-refractivity contribution >= 4 is 13.8 Å². The predicted octanol–water partition coefficient (Wildman–Crippen LogP) is 3.86. The van der Waals surface area contributed by atoms with Gasteiger partial charge in [-0.15, -0.1) is 0 Å². The van der Waals surface area contributed by atoms with Crippen molar-refractivity contribution in [1.29, 1.82) is 0 Å². The van der Waals surface area contributed by atoms with E-state index in [4.69, 9.17) is 5.84 Å². The molecule has 0 unspecified atom stereocenters. The van der Waals surface area contributed by atoms with Crippen molar-refractivity contribution in [3.8, 4) is 0 Å². The molecule has 1 rings (SSSR count). The Morgan fingerprint density at radius 1 is 1.18 bits per heavy atom. The fourth-order valence-electron chi connectivity index (χ4n) is 1.54. The van der Waals surface area contributed by atoms with Gasteiger partial charge in [0.15, 0.2) is 0 Å². The molecule has 0 amide bonds. The molecule has 0 atom stereocenters. The fraction of sp³-hybridized carbons (Fsp3) is 0.500. The number of nitrogens with zero attached hydrogens (tertiary/aromatic N) is 1.